The molecule has 0 bridgehead atoms. The van der Waals surface area contributed by atoms with Crippen LogP contribution in [0.25, 0.3) is 0 Å². The van der Waals surface area contributed by atoms with Gasteiger partial charge in [-0.2, -0.15) is 0 Å². The van der Waals surface area contributed by atoms with Crippen molar-refractivity contribution in [3.8, 4) is 0 Å². The van der Waals surface area contributed by atoms with E-state index in [2.05, 4.69) is 15.7 Å². The second-order valence-electron chi connectivity index (χ2n) is 2.65. The van der Waals surface area contributed by atoms with Crippen LogP contribution in [-0.4, -0.2) is 23.3 Å². The van der Waals surface area contributed by atoms with Crippen molar-refractivity contribution in [2.75, 3.05) is 13.1 Å². The van der Waals surface area contributed by atoms with Gasteiger partial charge in [0.15, 0.2) is 0 Å². The van der Waals surface area contributed by atoms with Crippen molar-refractivity contribution in [1.82, 2.24) is 10.3 Å². The zero-order valence-corrected chi connectivity index (χ0v) is 7.97. The number of aromatic nitrogens is 1. The van der Waals surface area contributed by atoms with Gasteiger partial charge in [0.25, 0.3) is 0 Å². The Kier molecular flexibility index (Phi) is 2.16. The van der Waals surface area contributed by atoms with E-state index in [1.807, 2.05) is 18.7 Å². The van der Waals surface area contributed by atoms with Crippen LogP contribution in [0.15, 0.2) is 9.72 Å². The third-order valence-electron chi connectivity index (χ3n) is 1.61. The second-order valence-corrected chi connectivity index (χ2v) is 5.06. The van der Waals surface area contributed by atoms with Crippen LogP contribution in [0.3, 0.4) is 0 Å². The number of thioether (sulfide) groups is 1. The lowest BCUT2D eigenvalue weighted by atomic mass is 10.3. The average Bonchev–Trinajstić information content (AvgIpc) is 2.27. The van der Waals surface area contributed by atoms with E-state index in [0.717, 1.165) is 24.0 Å². The summed E-state index contributed by atoms with van der Waals surface area (Å²) in [5.74, 6) is 0. The predicted octanol–water partition coefficient (Wildman–Crippen LogP) is 1.52. The first kappa shape index (κ1) is 7.58. The molecule has 0 saturated carbocycles. The lowest BCUT2D eigenvalue weighted by molar-refractivity contribution is 0.543. The fourth-order valence-electron chi connectivity index (χ4n) is 0.875. The van der Waals surface area contributed by atoms with Crippen molar-refractivity contribution in [1.29, 1.82) is 0 Å². The number of nitrogens with zero attached hydrogens (tertiary/aromatic N) is 1. The Morgan fingerprint density at radius 2 is 2.55 bits per heavy atom. The van der Waals surface area contributed by atoms with Crippen LogP contribution in [0.2, 0.25) is 0 Å². The van der Waals surface area contributed by atoms with Crippen LogP contribution < -0.4 is 5.32 Å². The van der Waals surface area contributed by atoms with Gasteiger partial charge in [0.05, 0.1) is 0 Å². The SMILES string of the molecule is Cc1csc(SC2CNC2)n1. The molecule has 4 heteroatoms. The monoisotopic (exact) mass is 186 g/mol. The summed E-state index contributed by atoms with van der Waals surface area (Å²) in [4.78, 5) is 4.39. The molecule has 1 saturated heterocycles. The molecule has 11 heavy (non-hydrogen) atoms. The van der Waals surface area contributed by atoms with Gasteiger partial charge in [-0.05, 0) is 6.92 Å². The number of hydrogen-bond acceptors (Lipinski definition) is 4. The molecule has 0 spiro atoms. The highest BCUT2D eigenvalue weighted by atomic mass is 32.2. The first-order chi connectivity index (χ1) is 5.34. The maximum atomic E-state index is 4.39. The summed E-state index contributed by atoms with van der Waals surface area (Å²) in [7, 11) is 0. The summed E-state index contributed by atoms with van der Waals surface area (Å²) in [6.45, 7) is 4.33. The van der Waals surface area contributed by atoms with Crippen LogP contribution in [-0.2, 0) is 0 Å². The minimum atomic E-state index is 0.764. The Balaban J connectivity index is 1.95. The Morgan fingerprint density at radius 1 is 1.73 bits per heavy atom. The molecular weight excluding hydrogens is 176 g/mol. The number of aryl methyl sites for hydroxylation is 1. The van der Waals surface area contributed by atoms with Gasteiger partial charge in [-0.3, -0.25) is 0 Å². The van der Waals surface area contributed by atoms with E-state index < -0.39 is 0 Å². The molecule has 1 aromatic rings. The van der Waals surface area contributed by atoms with Crippen molar-refractivity contribution in [2.45, 2.75) is 16.5 Å². The molecule has 1 N–H and O–H groups in total. The molecule has 1 aliphatic heterocycles. The molecule has 0 amide bonds. The first-order valence-electron chi connectivity index (χ1n) is 3.64. The van der Waals surface area contributed by atoms with E-state index in [0.29, 0.717) is 0 Å². The molecule has 0 aliphatic carbocycles. The molecule has 0 aromatic carbocycles. The summed E-state index contributed by atoms with van der Waals surface area (Å²) in [6.07, 6.45) is 0. The molecule has 60 valence electrons. The minimum absolute atomic E-state index is 0.764. The Labute approximate surface area is 74.4 Å². The van der Waals surface area contributed by atoms with Gasteiger partial charge < -0.3 is 5.32 Å². The third-order valence-corrected chi connectivity index (χ3v) is 3.90. The van der Waals surface area contributed by atoms with Crippen LogP contribution in [0.1, 0.15) is 5.69 Å². The molecule has 2 rings (SSSR count). The second kappa shape index (κ2) is 3.13. The molecule has 1 fully saturated rings. The standard InChI is InChI=1S/C7H10N2S2/c1-5-4-10-7(9-5)11-6-2-8-3-6/h4,6,8H,2-3H2,1H3. The molecule has 0 atom stereocenters. The van der Waals surface area contributed by atoms with Gasteiger partial charge in [0.1, 0.15) is 4.34 Å². The Bertz CT molecular complexity index is 242. The van der Waals surface area contributed by atoms with Crippen LogP contribution in [0.5, 0.6) is 0 Å². The highest BCUT2D eigenvalue weighted by Crippen LogP contribution is 2.28. The van der Waals surface area contributed by atoms with E-state index in [4.69, 9.17) is 0 Å². The van der Waals surface area contributed by atoms with Crippen LogP contribution >= 0.6 is 23.1 Å². The van der Waals surface area contributed by atoms with Crippen molar-refractivity contribution in [3.63, 3.8) is 0 Å². The van der Waals surface area contributed by atoms with Crippen LogP contribution in [0, 0.1) is 6.92 Å². The topological polar surface area (TPSA) is 24.9 Å². The third kappa shape index (κ3) is 1.75. The Morgan fingerprint density at radius 3 is 3.00 bits per heavy atom. The van der Waals surface area contributed by atoms with E-state index in [1.165, 1.54) is 4.34 Å². The van der Waals surface area contributed by atoms with Gasteiger partial charge in [0, 0.05) is 29.4 Å². The molecule has 2 nitrogen and oxygen atoms in total. The lowest BCUT2D eigenvalue weighted by Gasteiger charge is -2.24. The number of rotatable bonds is 2. The maximum Gasteiger partial charge on any atom is 0.150 e. The van der Waals surface area contributed by atoms with Crippen LogP contribution in [0.4, 0.5) is 0 Å². The highest BCUT2D eigenvalue weighted by molar-refractivity contribution is 8.01. The fourth-order valence-corrected chi connectivity index (χ4v) is 3.05. The summed E-state index contributed by atoms with van der Waals surface area (Å²) in [5, 5.41) is 6.11. The zero-order valence-electron chi connectivity index (χ0n) is 6.33. The minimum Gasteiger partial charge on any atom is -0.314 e. The number of hydrogen-bond donors (Lipinski definition) is 1. The summed E-state index contributed by atoms with van der Waals surface area (Å²) in [6, 6.07) is 0. The summed E-state index contributed by atoms with van der Waals surface area (Å²) < 4.78 is 1.22. The largest absolute Gasteiger partial charge is 0.314 e. The number of nitrogens with one attached hydrogen (secondary N) is 1. The van der Waals surface area contributed by atoms with E-state index >= 15 is 0 Å². The van der Waals surface area contributed by atoms with Gasteiger partial charge >= 0.3 is 0 Å². The Hall–Kier alpha value is -0.0600. The normalized spacial score (nSPS) is 18.3. The van der Waals surface area contributed by atoms with E-state index in [1.54, 1.807) is 11.3 Å². The van der Waals surface area contributed by atoms with Crippen molar-refractivity contribution < 1.29 is 0 Å². The van der Waals surface area contributed by atoms with Gasteiger partial charge in [0.2, 0.25) is 0 Å². The number of thiazole rings is 1. The van der Waals surface area contributed by atoms with Gasteiger partial charge in [-0.15, -0.1) is 11.3 Å². The highest BCUT2D eigenvalue weighted by Gasteiger charge is 2.18. The quantitative estimate of drug-likeness (QED) is 0.758. The maximum absolute atomic E-state index is 4.39. The van der Waals surface area contributed by atoms with Gasteiger partial charge in [-0.1, -0.05) is 11.8 Å². The zero-order chi connectivity index (χ0) is 7.68. The van der Waals surface area contributed by atoms with Crippen molar-refractivity contribution in [3.05, 3.63) is 11.1 Å². The fraction of sp³-hybridized carbons (Fsp3) is 0.571. The smallest absolute Gasteiger partial charge is 0.150 e. The van der Waals surface area contributed by atoms with Crippen molar-refractivity contribution >= 4 is 23.1 Å². The van der Waals surface area contributed by atoms with E-state index in [9.17, 15) is 0 Å². The summed E-state index contributed by atoms with van der Waals surface area (Å²) in [5.41, 5.74) is 1.14. The molecular formula is C7H10N2S2. The predicted molar refractivity (Wildman–Crippen MR) is 49.4 cm³/mol. The molecule has 2 heterocycles. The summed E-state index contributed by atoms with van der Waals surface area (Å²) >= 11 is 3.65. The lowest BCUT2D eigenvalue weighted by Crippen LogP contribution is -2.44. The molecule has 1 aliphatic rings. The van der Waals surface area contributed by atoms with Gasteiger partial charge in [-0.25, -0.2) is 4.98 Å². The molecule has 0 unspecified atom stereocenters. The molecule has 0 radical (unpaired) electrons. The molecule has 1 aromatic heterocycles. The average molecular weight is 186 g/mol. The first-order valence-corrected chi connectivity index (χ1v) is 5.40. The van der Waals surface area contributed by atoms with E-state index in [-0.39, 0.29) is 0 Å². The van der Waals surface area contributed by atoms with Crippen molar-refractivity contribution in [2.24, 2.45) is 0 Å².